The average Bonchev–Trinajstić information content (AvgIpc) is 2.38. The number of hydrogen-bond donors (Lipinski definition) is 1. The fourth-order valence-electron chi connectivity index (χ4n) is 1.64. The summed E-state index contributed by atoms with van der Waals surface area (Å²) in [7, 11) is 1.62. The van der Waals surface area contributed by atoms with Crippen molar-refractivity contribution in [2.24, 2.45) is 0 Å². The zero-order valence-corrected chi connectivity index (χ0v) is 9.84. The first-order valence-electron chi connectivity index (χ1n) is 5.36. The Morgan fingerprint density at radius 2 is 2.18 bits per heavy atom. The highest BCUT2D eigenvalue weighted by Gasteiger charge is 2.12. The van der Waals surface area contributed by atoms with Crippen molar-refractivity contribution in [2.45, 2.75) is 13.3 Å². The summed E-state index contributed by atoms with van der Waals surface area (Å²) in [5.41, 5.74) is 8.36. The minimum Gasteiger partial charge on any atom is -0.496 e. The number of aryl methyl sites for hydroxylation is 1. The van der Waals surface area contributed by atoms with E-state index >= 15 is 0 Å². The topological polar surface area (TPSA) is 73.9 Å². The van der Waals surface area contributed by atoms with Crippen LogP contribution in [0.15, 0.2) is 24.5 Å². The highest BCUT2D eigenvalue weighted by molar-refractivity contribution is 5.75. The molecule has 0 radical (unpaired) electrons. The van der Waals surface area contributed by atoms with E-state index in [2.05, 4.69) is 22.1 Å². The summed E-state index contributed by atoms with van der Waals surface area (Å²) >= 11 is 0. The Bertz CT molecular complexity index is 528. The fraction of sp³-hybridized carbons (Fsp3) is 0.250. The van der Waals surface area contributed by atoms with E-state index in [4.69, 9.17) is 10.5 Å². The molecule has 0 atom stereocenters. The van der Waals surface area contributed by atoms with Gasteiger partial charge in [0.15, 0.2) is 5.82 Å². The van der Waals surface area contributed by atoms with E-state index in [0.29, 0.717) is 11.5 Å². The molecule has 0 aliphatic carbocycles. The first-order chi connectivity index (χ1) is 8.26. The van der Waals surface area contributed by atoms with Crippen molar-refractivity contribution < 1.29 is 4.74 Å². The maximum absolute atomic E-state index is 5.80. The normalized spacial score (nSPS) is 10.2. The summed E-state index contributed by atoms with van der Waals surface area (Å²) in [6.07, 6.45) is 2.26. The van der Waals surface area contributed by atoms with Crippen LogP contribution >= 0.6 is 0 Å². The second-order valence-electron chi connectivity index (χ2n) is 3.58. The SMILES string of the molecule is CCc1ccc(OC)c(-c2nncnc2N)c1. The van der Waals surface area contributed by atoms with Gasteiger partial charge in [-0.25, -0.2) is 4.98 Å². The molecular formula is C12H14N4O. The molecule has 1 aromatic heterocycles. The van der Waals surface area contributed by atoms with Crippen LogP contribution in [0.25, 0.3) is 11.3 Å². The number of aromatic nitrogens is 3. The number of methoxy groups -OCH3 is 1. The number of benzene rings is 1. The van der Waals surface area contributed by atoms with Gasteiger partial charge in [0.25, 0.3) is 0 Å². The van der Waals surface area contributed by atoms with E-state index < -0.39 is 0 Å². The van der Waals surface area contributed by atoms with E-state index in [1.54, 1.807) is 7.11 Å². The molecule has 88 valence electrons. The summed E-state index contributed by atoms with van der Waals surface area (Å²) in [4.78, 5) is 3.94. The van der Waals surface area contributed by atoms with E-state index in [-0.39, 0.29) is 0 Å². The van der Waals surface area contributed by atoms with Crippen molar-refractivity contribution in [2.75, 3.05) is 12.8 Å². The fourth-order valence-corrected chi connectivity index (χ4v) is 1.64. The van der Waals surface area contributed by atoms with Gasteiger partial charge in [-0.1, -0.05) is 13.0 Å². The Balaban J connectivity index is 2.60. The van der Waals surface area contributed by atoms with Gasteiger partial charge in [0.2, 0.25) is 0 Å². The smallest absolute Gasteiger partial charge is 0.153 e. The second-order valence-corrected chi connectivity index (χ2v) is 3.58. The molecule has 0 saturated heterocycles. The molecule has 1 heterocycles. The summed E-state index contributed by atoms with van der Waals surface area (Å²) in [5.74, 6) is 1.07. The van der Waals surface area contributed by atoms with Crippen molar-refractivity contribution in [3.63, 3.8) is 0 Å². The van der Waals surface area contributed by atoms with E-state index in [0.717, 1.165) is 17.7 Å². The number of nitrogens with zero attached hydrogens (tertiary/aromatic N) is 3. The molecule has 0 saturated carbocycles. The molecule has 2 N–H and O–H groups in total. The maximum Gasteiger partial charge on any atom is 0.153 e. The third kappa shape index (κ3) is 2.18. The number of rotatable bonds is 3. The molecule has 2 aromatic rings. The molecule has 2 rings (SSSR count). The average molecular weight is 230 g/mol. The number of hydrogen-bond acceptors (Lipinski definition) is 5. The Morgan fingerprint density at radius 1 is 1.35 bits per heavy atom. The predicted molar refractivity (Wildman–Crippen MR) is 65.6 cm³/mol. The molecule has 0 bridgehead atoms. The minimum atomic E-state index is 0.353. The zero-order valence-electron chi connectivity index (χ0n) is 9.84. The van der Waals surface area contributed by atoms with Crippen LogP contribution in [-0.4, -0.2) is 22.3 Å². The van der Waals surface area contributed by atoms with Crippen molar-refractivity contribution in [1.82, 2.24) is 15.2 Å². The minimum absolute atomic E-state index is 0.353. The van der Waals surface area contributed by atoms with Crippen molar-refractivity contribution in [1.29, 1.82) is 0 Å². The molecule has 5 heteroatoms. The monoisotopic (exact) mass is 230 g/mol. The highest BCUT2D eigenvalue weighted by Crippen LogP contribution is 2.31. The Labute approximate surface area is 99.7 Å². The largest absolute Gasteiger partial charge is 0.496 e. The van der Waals surface area contributed by atoms with Gasteiger partial charge in [0, 0.05) is 5.56 Å². The second kappa shape index (κ2) is 4.78. The standard InChI is InChI=1S/C12H14N4O/c1-3-8-4-5-10(17-2)9(6-8)11-12(13)14-7-15-16-11/h4-7H,3H2,1-2H3,(H2,13,14,15). The third-order valence-corrected chi connectivity index (χ3v) is 2.58. The third-order valence-electron chi connectivity index (χ3n) is 2.58. The van der Waals surface area contributed by atoms with Gasteiger partial charge in [-0.05, 0) is 24.1 Å². The lowest BCUT2D eigenvalue weighted by Gasteiger charge is -2.10. The predicted octanol–water partition coefficient (Wildman–Crippen LogP) is 1.69. The Morgan fingerprint density at radius 3 is 2.82 bits per heavy atom. The molecule has 0 amide bonds. The zero-order chi connectivity index (χ0) is 12.3. The molecule has 0 fully saturated rings. The Hall–Kier alpha value is -2.17. The number of ether oxygens (including phenoxy) is 1. The molecule has 17 heavy (non-hydrogen) atoms. The summed E-state index contributed by atoms with van der Waals surface area (Å²) < 4.78 is 5.30. The molecule has 1 aromatic carbocycles. The Kier molecular flexibility index (Phi) is 3.18. The summed E-state index contributed by atoms with van der Waals surface area (Å²) in [5, 5.41) is 7.77. The van der Waals surface area contributed by atoms with Crippen LogP contribution in [0.1, 0.15) is 12.5 Å². The molecule has 0 aliphatic rings. The highest BCUT2D eigenvalue weighted by atomic mass is 16.5. The van der Waals surface area contributed by atoms with Crippen LogP contribution in [0.4, 0.5) is 5.82 Å². The quantitative estimate of drug-likeness (QED) is 0.868. The van der Waals surface area contributed by atoms with Crippen LogP contribution in [0.3, 0.4) is 0 Å². The lowest BCUT2D eigenvalue weighted by molar-refractivity contribution is 0.416. The van der Waals surface area contributed by atoms with Crippen molar-refractivity contribution in [3.05, 3.63) is 30.1 Å². The van der Waals surface area contributed by atoms with E-state index in [9.17, 15) is 0 Å². The van der Waals surface area contributed by atoms with Crippen LogP contribution in [0, 0.1) is 0 Å². The number of nitrogen functional groups attached to an aromatic ring is 1. The molecule has 5 nitrogen and oxygen atoms in total. The van der Waals surface area contributed by atoms with Gasteiger partial charge < -0.3 is 10.5 Å². The lowest BCUT2D eigenvalue weighted by atomic mass is 10.1. The van der Waals surface area contributed by atoms with Crippen LogP contribution in [0.5, 0.6) is 5.75 Å². The number of nitrogens with two attached hydrogens (primary N) is 1. The van der Waals surface area contributed by atoms with Crippen LogP contribution < -0.4 is 10.5 Å². The molecule has 0 aliphatic heterocycles. The van der Waals surface area contributed by atoms with Gasteiger partial charge in [0.1, 0.15) is 17.8 Å². The summed E-state index contributed by atoms with van der Waals surface area (Å²) in [6.45, 7) is 2.09. The molecular weight excluding hydrogens is 216 g/mol. The van der Waals surface area contributed by atoms with Crippen LogP contribution in [0.2, 0.25) is 0 Å². The molecule has 0 unspecified atom stereocenters. The first-order valence-corrected chi connectivity index (χ1v) is 5.36. The lowest BCUT2D eigenvalue weighted by Crippen LogP contribution is -2.00. The number of anilines is 1. The molecule has 0 spiro atoms. The van der Waals surface area contributed by atoms with Gasteiger partial charge in [-0.2, -0.15) is 0 Å². The van der Waals surface area contributed by atoms with Gasteiger partial charge in [-0.3, -0.25) is 0 Å². The first kappa shape index (κ1) is 11.3. The van der Waals surface area contributed by atoms with Crippen LogP contribution in [-0.2, 0) is 6.42 Å². The van der Waals surface area contributed by atoms with Gasteiger partial charge >= 0.3 is 0 Å². The van der Waals surface area contributed by atoms with Gasteiger partial charge in [-0.15, -0.1) is 10.2 Å². The van der Waals surface area contributed by atoms with Crippen molar-refractivity contribution in [3.8, 4) is 17.0 Å². The van der Waals surface area contributed by atoms with E-state index in [1.165, 1.54) is 11.9 Å². The van der Waals surface area contributed by atoms with Crippen molar-refractivity contribution >= 4 is 5.82 Å². The van der Waals surface area contributed by atoms with Gasteiger partial charge in [0.05, 0.1) is 7.11 Å². The maximum atomic E-state index is 5.80. The van der Waals surface area contributed by atoms with E-state index in [1.807, 2.05) is 18.2 Å². The summed E-state index contributed by atoms with van der Waals surface area (Å²) in [6, 6.07) is 5.92.